The molecule has 4 atom stereocenters. The third-order valence-corrected chi connectivity index (χ3v) is 5.25. The molecular weight excluding hydrogens is 460 g/mol. The maximum absolute atomic E-state index is 12.4. The summed E-state index contributed by atoms with van der Waals surface area (Å²) in [7, 11) is 0. The number of carboxylic acids is 1. The van der Waals surface area contributed by atoms with Gasteiger partial charge in [0.05, 0.1) is 12.5 Å². The van der Waals surface area contributed by atoms with Gasteiger partial charge in [0.15, 0.2) is 6.10 Å². The third-order valence-electron chi connectivity index (χ3n) is 5.25. The van der Waals surface area contributed by atoms with Gasteiger partial charge in [0, 0.05) is 19.3 Å². The number of aromatic carboxylic acids is 1. The molecule has 1 N–H and O–H groups in total. The molecule has 2 rings (SSSR count). The number of benzene rings is 1. The Morgan fingerprint density at radius 1 is 0.886 bits per heavy atom. The Hall–Kier alpha value is -3.14. The minimum absolute atomic E-state index is 0.00741. The van der Waals surface area contributed by atoms with E-state index in [1.165, 1.54) is 12.1 Å². The molecule has 35 heavy (non-hydrogen) atoms. The van der Waals surface area contributed by atoms with E-state index in [1.807, 2.05) is 20.8 Å². The zero-order chi connectivity index (χ0) is 25.8. The summed E-state index contributed by atoms with van der Waals surface area (Å²) in [6, 6.07) is 5.96. The number of carbonyl (C=O) groups is 4. The van der Waals surface area contributed by atoms with Crippen LogP contribution < -0.4 is 4.74 Å². The van der Waals surface area contributed by atoms with Gasteiger partial charge in [-0.3, -0.25) is 14.4 Å². The second kappa shape index (κ2) is 14.3. The van der Waals surface area contributed by atoms with E-state index in [2.05, 4.69) is 0 Å². The molecule has 0 spiro atoms. The number of rotatable bonds is 13. The fourth-order valence-corrected chi connectivity index (χ4v) is 3.54. The zero-order valence-electron chi connectivity index (χ0n) is 20.4. The predicted octanol–water partition coefficient (Wildman–Crippen LogP) is 3.50. The summed E-state index contributed by atoms with van der Waals surface area (Å²) in [4.78, 5) is 48.4. The van der Waals surface area contributed by atoms with E-state index >= 15 is 0 Å². The number of esters is 3. The maximum atomic E-state index is 12.4. The van der Waals surface area contributed by atoms with Crippen LogP contribution >= 0.6 is 0 Å². The van der Waals surface area contributed by atoms with E-state index in [9.17, 15) is 24.3 Å². The highest BCUT2D eigenvalue weighted by atomic mass is 16.7. The van der Waals surface area contributed by atoms with Gasteiger partial charge < -0.3 is 28.8 Å². The standard InChI is InChI=1S/C25H34O10/c1-4-9-19(26)31-14-16-15-32-25(33-18-13-8-7-12-17(18)24(29)30)23(35-21(28)11-6-3)22(16)34-20(27)10-5-2/h7-8,12-13,16,22-23,25H,4-6,9-11,14-15H2,1-3H3,(H,29,30)/t16?,22-,23+,25+/m0/s1. The Kier molecular flexibility index (Phi) is 11.5. The number of hydrogen-bond donors (Lipinski definition) is 1. The molecule has 1 aliphatic rings. The lowest BCUT2D eigenvalue weighted by atomic mass is 9.95. The molecule has 1 unspecified atom stereocenters. The van der Waals surface area contributed by atoms with Gasteiger partial charge in [0.2, 0.25) is 12.4 Å². The molecule has 0 aromatic heterocycles. The molecular formula is C25H34O10. The van der Waals surface area contributed by atoms with Gasteiger partial charge in [-0.25, -0.2) is 4.79 Å². The van der Waals surface area contributed by atoms with Crippen LogP contribution in [0.5, 0.6) is 5.75 Å². The monoisotopic (exact) mass is 494 g/mol. The first-order valence-electron chi connectivity index (χ1n) is 12.0. The van der Waals surface area contributed by atoms with Gasteiger partial charge in [0.25, 0.3) is 0 Å². The third kappa shape index (κ3) is 8.54. The van der Waals surface area contributed by atoms with Crippen LogP contribution in [0.25, 0.3) is 0 Å². The zero-order valence-corrected chi connectivity index (χ0v) is 20.4. The minimum Gasteiger partial charge on any atom is -0.478 e. The number of carboxylic acid groups (broad SMARTS) is 1. The topological polar surface area (TPSA) is 135 Å². The quantitative estimate of drug-likeness (QED) is 0.321. The molecule has 1 aliphatic heterocycles. The van der Waals surface area contributed by atoms with Crippen molar-refractivity contribution >= 4 is 23.9 Å². The molecule has 1 aromatic carbocycles. The van der Waals surface area contributed by atoms with E-state index in [4.69, 9.17) is 23.7 Å². The molecule has 10 nitrogen and oxygen atoms in total. The van der Waals surface area contributed by atoms with Crippen LogP contribution in [0.2, 0.25) is 0 Å². The van der Waals surface area contributed by atoms with Gasteiger partial charge in [-0.1, -0.05) is 32.9 Å². The smallest absolute Gasteiger partial charge is 0.339 e. The highest BCUT2D eigenvalue weighted by Crippen LogP contribution is 2.30. The minimum atomic E-state index is -1.25. The molecule has 1 saturated heterocycles. The number of para-hydroxylation sites is 1. The fraction of sp³-hybridized carbons (Fsp3) is 0.600. The SMILES string of the molecule is CCCC(=O)OCC1CO[C@H](Oc2ccccc2C(=O)O)[C@H](OC(=O)CCC)[C@H]1OC(=O)CCC. The van der Waals surface area contributed by atoms with Gasteiger partial charge >= 0.3 is 23.9 Å². The Bertz CT molecular complexity index is 868. The van der Waals surface area contributed by atoms with Crippen LogP contribution in [0.4, 0.5) is 0 Å². The molecule has 1 heterocycles. The second-order valence-corrected chi connectivity index (χ2v) is 8.22. The molecule has 1 fully saturated rings. The summed E-state index contributed by atoms with van der Waals surface area (Å²) < 4.78 is 28.3. The van der Waals surface area contributed by atoms with E-state index < -0.39 is 48.3 Å². The summed E-state index contributed by atoms with van der Waals surface area (Å²) in [5, 5.41) is 9.49. The Labute approximate surface area is 204 Å². The van der Waals surface area contributed by atoms with Crippen LogP contribution in [0.15, 0.2) is 24.3 Å². The second-order valence-electron chi connectivity index (χ2n) is 8.22. The first-order chi connectivity index (χ1) is 16.8. The first kappa shape index (κ1) is 28.1. The van der Waals surface area contributed by atoms with Crippen molar-refractivity contribution in [2.24, 2.45) is 5.92 Å². The van der Waals surface area contributed by atoms with Gasteiger partial charge in [0.1, 0.15) is 17.9 Å². The molecule has 0 radical (unpaired) electrons. The van der Waals surface area contributed by atoms with Crippen molar-refractivity contribution in [3.05, 3.63) is 29.8 Å². The van der Waals surface area contributed by atoms with E-state index in [-0.39, 0.29) is 43.8 Å². The van der Waals surface area contributed by atoms with Gasteiger partial charge in [-0.2, -0.15) is 0 Å². The van der Waals surface area contributed by atoms with Crippen LogP contribution in [0, 0.1) is 5.92 Å². The molecule has 194 valence electrons. The molecule has 1 aromatic rings. The Morgan fingerprint density at radius 3 is 2.06 bits per heavy atom. The van der Waals surface area contributed by atoms with Crippen LogP contribution in [0.3, 0.4) is 0 Å². The first-order valence-corrected chi connectivity index (χ1v) is 12.0. The number of carbonyl (C=O) groups excluding carboxylic acids is 3. The highest BCUT2D eigenvalue weighted by molar-refractivity contribution is 5.90. The van der Waals surface area contributed by atoms with Crippen LogP contribution in [0.1, 0.15) is 69.7 Å². The van der Waals surface area contributed by atoms with Gasteiger partial charge in [-0.15, -0.1) is 0 Å². The molecule has 0 bridgehead atoms. The van der Waals surface area contributed by atoms with Crippen LogP contribution in [-0.4, -0.2) is 60.7 Å². The maximum Gasteiger partial charge on any atom is 0.339 e. The summed E-state index contributed by atoms with van der Waals surface area (Å²) >= 11 is 0. The van der Waals surface area contributed by atoms with Crippen molar-refractivity contribution < 1.29 is 48.0 Å². The summed E-state index contributed by atoms with van der Waals surface area (Å²) in [5.74, 6) is -3.28. The number of ether oxygens (including phenoxy) is 5. The number of hydrogen-bond acceptors (Lipinski definition) is 9. The Balaban J connectivity index is 2.35. The Morgan fingerprint density at radius 2 is 1.46 bits per heavy atom. The van der Waals surface area contributed by atoms with Crippen molar-refractivity contribution in [1.82, 2.24) is 0 Å². The van der Waals surface area contributed by atoms with Crippen LogP contribution in [-0.2, 0) is 33.3 Å². The van der Waals surface area contributed by atoms with E-state index in [0.717, 1.165) is 0 Å². The van der Waals surface area contributed by atoms with Crippen molar-refractivity contribution in [3.8, 4) is 5.75 Å². The summed E-state index contributed by atoms with van der Waals surface area (Å²) in [5.41, 5.74) is -0.107. The summed E-state index contributed by atoms with van der Waals surface area (Å²) in [6.07, 6.45) is -1.31. The average Bonchev–Trinajstić information content (AvgIpc) is 2.81. The van der Waals surface area contributed by atoms with E-state index in [0.29, 0.717) is 19.3 Å². The van der Waals surface area contributed by atoms with Crippen molar-refractivity contribution in [3.63, 3.8) is 0 Å². The normalized spacial score (nSPS) is 21.6. The molecule has 0 saturated carbocycles. The van der Waals surface area contributed by atoms with Crippen molar-refractivity contribution in [2.75, 3.05) is 13.2 Å². The summed E-state index contributed by atoms with van der Waals surface area (Å²) in [6.45, 7) is 5.34. The highest BCUT2D eigenvalue weighted by Gasteiger charge is 2.47. The lowest BCUT2D eigenvalue weighted by Crippen LogP contribution is -2.57. The largest absolute Gasteiger partial charge is 0.478 e. The average molecular weight is 495 g/mol. The predicted molar refractivity (Wildman–Crippen MR) is 123 cm³/mol. The molecule has 0 aliphatic carbocycles. The molecule has 0 amide bonds. The lowest BCUT2D eigenvalue weighted by molar-refractivity contribution is -0.250. The molecule has 10 heteroatoms. The van der Waals surface area contributed by atoms with Crippen molar-refractivity contribution in [1.29, 1.82) is 0 Å². The van der Waals surface area contributed by atoms with E-state index in [1.54, 1.807) is 12.1 Å². The van der Waals surface area contributed by atoms with Crippen molar-refractivity contribution in [2.45, 2.75) is 77.8 Å². The van der Waals surface area contributed by atoms with Gasteiger partial charge in [-0.05, 0) is 31.4 Å². The fourth-order valence-electron chi connectivity index (χ4n) is 3.54. The lowest BCUT2D eigenvalue weighted by Gasteiger charge is -2.41.